The molecule has 156 valence electrons. The van der Waals surface area contributed by atoms with Crippen molar-refractivity contribution in [1.29, 1.82) is 0 Å². The normalized spacial score (nSPS) is 17.2. The van der Waals surface area contributed by atoms with E-state index in [1.54, 1.807) is 33.8 Å². The number of carbonyl (C=O) groups is 2. The number of rotatable bonds is 5. The van der Waals surface area contributed by atoms with Crippen molar-refractivity contribution in [2.45, 2.75) is 57.6 Å². The number of nitrogens with one attached hydrogen (secondary N) is 1. The van der Waals surface area contributed by atoms with Gasteiger partial charge in [0.05, 0.1) is 4.90 Å². The SMILES string of the molecule is CC[C@H](C)[C@H](NC(=O)OC(C)(C)C)C(=O)N=S(N)(=O)c1ccc2c(c1)OCO2. The molecule has 0 saturated carbocycles. The third-order valence-corrected chi connectivity index (χ3v) is 5.44. The highest BCUT2D eigenvalue weighted by molar-refractivity contribution is 7.91. The maximum absolute atomic E-state index is 12.9. The summed E-state index contributed by atoms with van der Waals surface area (Å²) in [6.45, 7) is 8.82. The second kappa shape index (κ2) is 8.36. The Morgan fingerprint density at radius 1 is 1.32 bits per heavy atom. The summed E-state index contributed by atoms with van der Waals surface area (Å²) in [5.74, 6) is -0.181. The number of nitrogens with two attached hydrogens (primary N) is 1. The molecular formula is C18H27N3O6S. The molecule has 3 N–H and O–H groups in total. The number of hydrogen-bond donors (Lipinski definition) is 2. The fourth-order valence-electron chi connectivity index (χ4n) is 2.42. The van der Waals surface area contributed by atoms with Gasteiger partial charge in [-0.3, -0.25) is 4.79 Å². The highest BCUT2D eigenvalue weighted by atomic mass is 32.2. The van der Waals surface area contributed by atoms with Crippen LogP contribution < -0.4 is 19.9 Å². The van der Waals surface area contributed by atoms with E-state index in [1.165, 1.54) is 12.1 Å². The van der Waals surface area contributed by atoms with Crippen LogP contribution >= 0.6 is 0 Å². The molecule has 0 radical (unpaired) electrons. The van der Waals surface area contributed by atoms with Crippen molar-refractivity contribution in [3.8, 4) is 11.5 Å². The number of hydrogen-bond acceptors (Lipinski definition) is 6. The summed E-state index contributed by atoms with van der Waals surface area (Å²) in [6, 6.07) is 3.43. The Hall–Kier alpha value is -2.33. The summed E-state index contributed by atoms with van der Waals surface area (Å²) < 4.78 is 32.2. The number of nitrogens with zero attached hydrogens (tertiary/aromatic N) is 1. The Morgan fingerprint density at radius 3 is 2.57 bits per heavy atom. The van der Waals surface area contributed by atoms with E-state index < -0.39 is 33.6 Å². The summed E-state index contributed by atoms with van der Waals surface area (Å²) in [6.07, 6.45) is -0.176. The van der Waals surface area contributed by atoms with Crippen LogP contribution in [-0.4, -0.2) is 34.6 Å². The van der Waals surface area contributed by atoms with Gasteiger partial charge in [-0.25, -0.2) is 14.1 Å². The van der Waals surface area contributed by atoms with Gasteiger partial charge in [-0.2, -0.15) is 0 Å². The molecule has 3 atom stereocenters. The largest absolute Gasteiger partial charge is 0.454 e. The van der Waals surface area contributed by atoms with Gasteiger partial charge in [-0.1, -0.05) is 20.3 Å². The van der Waals surface area contributed by atoms with Gasteiger partial charge < -0.3 is 19.5 Å². The van der Waals surface area contributed by atoms with Crippen molar-refractivity contribution in [3.05, 3.63) is 18.2 Å². The van der Waals surface area contributed by atoms with Gasteiger partial charge in [0.25, 0.3) is 5.91 Å². The molecule has 9 nitrogen and oxygen atoms in total. The van der Waals surface area contributed by atoms with E-state index in [0.717, 1.165) is 0 Å². The summed E-state index contributed by atoms with van der Waals surface area (Å²) in [5, 5.41) is 8.35. The lowest BCUT2D eigenvalue weighted by Gasteiger charge is -2.25. The number of benzene rings is 1. The van der Waals surface area contributed by atoms with Crippen LogP contribution in [0.4, 0.5) is 4.79 Å². The van der Waals surface area contributed by atoms with Crippen molar-refractivity contribution in [3.63, 3.8) is 0 Å². The molecule has 0 aliphatic carbocycles. The molecule has 1 heterocycles. The molecule has 0 spiro atoms. The van der Waals surface area contributed by atoms with Gasteiger partial charge in [0.2, 0.25) is 6.79 Å². The molecular weight excluding hydrogens is 386 g/mol. The van der Waals surface area contributed by atoms with E-state index in [2.05, 4.69) is 9.68 Å². The van der Waals surface area contributed by atoms with E-state index in [1.807, 2.05) is 6.92 Å². The van der Waals surface area contributed by atoms with E-state index in [9.17, 15) is 13.8 Å². The molecule has 0 aromatic heterocycles. The first-order valence-electron chi connectivity index (χ1n) is 8.91. The van der Waals surface area contributed by atoms with Gasteiger partial charge in [-0.05, 0) is 38.8 Å². The maximum atomic E-state index is 12.9. The van der Waals surface area contributed by atoms with E-state index in [-0.39, 0.29) is 17.6 Å². The van der Waals surface area contributed by atoms with Crippen molar-refractivity contribution in [2.24, 2.45) is 15.4 Å². The second-order valence-corrected chi connectivity index (χ2v) is 9.31. The van der Waals surface area contributed by atoms with Crippen molar-refractivity contribution in [2.75, 3.05) is 6.79 Å². The standard InChI is InChI=1S/C18H27N3O6S/c1-6-11(2)15(20-17(23)27-18(3,4)5)16(22)21-28(19,24)12-7-8-13-14(9-12)26-10-25-13/h7-9,11,15H,6,10H2,1-5H3,(H,20,23)(H2,19,21,22,24)/t11-,15-,28?/m0/s1. The highest BCUT2D eigenvalue weighted by Gasteiger charge is 2.29. The monoisotopic (exact) mass is 413 g/mol. The molecule has 1 aromatic carbocycles. The molecule has 28 heavy (non-hydrogen) atoms. The Morgan fingerprint density at radius 2 is 1.96 bits per heavy atom. The van der Waals surface area contributed by atoms with Gasteiger partial charge in [0.15, 0.2) is 11.5 Å². The lowest BCUT2D eigenvalue weighted by Crippen LogP contribution is -2.46. The first kappa shape index (κ1) is 22.0. The molecule has 1 aliphatic heterocycles. The van der Waals surface area contributed by atoms with Crippen LogP contribution in [0.1, 0.15) is 41.0 Å². The van der Waals surface area contributed by atoms with Crippen molar-refractivity contribution < 1.29 is 28.0 Å². The molecule has 10 heteroatoms. The molecule has 0 fully saturated rings. The van der Waals surface area contributed by atoms with Gasteiger partial charge in [-0.15, -0.1) is 4.36 Å². The zero-order valence-corrected chi connectivity index (χ0v) is 17.5. The van der Waals surface area contributed by atoms with Gasteiger partial charge in [0, 0.05) is 6.07 Å². The number of amides is 2. The maximum Gasteiger partial charge on any atom is 0.408 e. The van der Waals surface area contributed by atoms with Crippen LogP contribution in [-0.2, 0) is 19.4 Å². The molecule has 0 bridgehead atoms. The summed E-state index contributed by atoms with van der Waals surface area (Å²) in [4.78, 5) is 24.9. The zero-order valence-electron chi connectivity index (χ0n) is 16.7. The van der Waals surface area contributed by atoms with Crippen LogP contribution in [0.2, 0.25) is 0 Å². The molecule has 0 saturated heterocycles. The minimum Gasteiger partial charge on any atom is -0.454 e. The first-order chi connectivity index (χ1) is 12.9. The van der Waals surface area contributed by atoms with E-state index in [4.69, 9.17) is 19.3 Å². The third kappa shape index (κ3) is 5.59. The van der Waals surface area contributed by atoms with Crippen molar-refractivity contribution >= 4 is 21.9 Å². The predicted octanol–water partition coefficient (Wildman–Crippen LogP) is 2.58. The van der Waals surface area contributed by atoms with Crippen LogP contribution in [0.15, 0.2) is 27.5 Å². The van der Waals surface area contributed by atoms with Crippen LogP contribution in [0, 0.1) is 5.92 Å². The second-order valence-electron chi connectivity index (χ2n) is 7.52. The van der Waals surface area contributed by atoms with Crippen LogP contribution in [0.5, 0.6) is 11.5 Å². The number of carbonyl (C=O) groups excluding carboxylic acids is 2. The quantitative estimate of drug-likeness (QED) is 0.763. The first-order valence-corrected chi connectivity index (χ1v) is 10.5. The van der Waals surface area contributed by atoms with Crippen LogP contribution in [0.25, 0.3) is 0 Å². The van der Waals surface area contributed by atoms with E-state index in [0.29, 0.717) is 17.9 Å². The smallest absolute Gasteiger partial charge is 0.408 e. The Balaban J connectivity index is 2.27. The minimum atomic E-state index is -3.54. The Bertz CT molecular complexity index is 871. The molecule has 1 aromatic rings. The number of alkyl carbamates (subject to hydrolysis) is 1. The fraction of sp³-hybridized carbons (Fsp3) is 0.556. The minimum absolute atomic E-state index is 0.0521. The molecule has 2 rings (SSSR count). The molecule has 1 aliphatic rings. The summed E-state index contributed by atoms with van der Waals surface area (Å²) in [7, 11) is -3.54. The van der Waals surface area contributed by atoms with Crippen LogP contribution in [0.3, 0.4) is 0 Å². The Kier molecular flexibility index (Phi) is 6.56. The van der Waals surface area contributed by atoms with E-state index >= 15 is 0 Å². The average molecular weight is 413 g/mol. The summed E-state index contributed by atoms with van der Waals surface area (Å²) >= 11 is 0. The topological polar surface area (TPSA) is 129 Å². The van der Waals surface area contributed by atoms with Crippen molar-refractivity contribution in [1.82, 2.24) is 5.32 Å². The number of ether oxygens (including phenoxy) is 3. The van der Waals surface area contributed by atoms with Gasteiger partial charge in [0.1, 0.15) is 21.6 Å². The lowest BCUT2D eigenvalue weighted by molar-refractivity contribution is -0.120. The fourth-order valence-corrected chi connectivity index (χ4v) is 3.44. The third-order valence-electron chi connectivity index (χ3n) is 4.06. The summed E-state index contributed by atoms with van der Waals surface area (Å²) in [5.41, 5.74) is -0.724. The van der Waals surface area contributed by atoms with Gasteiger partial charge >= 0.3 is 6.09 Å². The average Bonchev–Trinajstić information content (AvgIpc) is 3.04. The molecule has 2 amide bonds. The lowest BCUT2D eigenvalue weighted by atomic mass is 9.99. The predicted molar refractivity (Wildman–Crippen MR) is 103 cm³/mol. The number of fused-ring (bicyclic) bond motifs is 1. The Labute approximate surface area is 165 Å². The molecule has 1 unspecified atom stereocenters. The highest BCUT2D eigenvalue weighted by Crippen LogP contribution is 2.33. The zero-order chi connectivity index (χ0) is 21.1.